The van der Waals surface area contributed by atoms with Gasteiger partial charge in [0, 0.05) is 43.1 Å². The van der Waals surface area contributed by atoms with Gasteiger partial charge in [-0.2, -0.15) is 0 Å². The molecule has 142 valence electrons. The van der Waals surface area contributed by atoms with Crippen LogP contribution in [0.4, 0.5) is 4.39 Å². The number of hydrogen-bond acceptors (Lipinski definition) is 3. The lowest BCUT2D eigenvalue weighted by Crippen LogP contribution is -2.35. The van der Waals surface area contributed by atoms with E-state index < -0.39 is 0 Å². The zero-order chi connectivity index (χ0) is 19.1. The first-order valence-electron chi connectivity index (χ1n) is 8.62. The van der Waals surface area contributed by atoms with Crippen LogP contribution in [0.25, 0.3) is 0 Å². The van der Waals surface area contributed by atoms with Crippen LogP contribution >= 0.6 is 11.6 Å². The molecule has 0 spiro atoms. The summed E-state index contributed by atoms with van der Waals surface area (Å²) in [7, 11) is 1.60. The van der Waals surface area contributed by atoms with Gasteiger partial charge in [-0.25, -0.2) is 9.37 Å². The summed E-state index contributed by atoms with van der Waals surface area (Å²) in [6.45, 7) is 5.55. The predicted molar refractivity (Wildman–Crippen MR) is 99.5 cm³/mol. The highest BCUT2D eigenvalue weighted by Crippen LogP contribution is 2.21. The first kappa shape index (κ1) is 20.4. The van der Waals surface area contributed by atoms with Crippen molar-refractivity contribution in [2.75, 3.05) is 20.3 Å². The van der Waals surface area contributed by atoms with Crippen LogP contribution in [-0.4, -0.2) is 40.6 Å². The zero-order valence-electron chi connectivity index (χ0n) is 15.4. The maximum absolute atomic E-state index is 14.1. The monoisotopic (exact) mass is 381 g/mol. The maximum Gasteiger partial charge on any atom is 0.223 e. The minimum absolute atomic E-state index is 0.0514. The number of amides is 1. The molecule has 0 saturated heterocycles. The molecule has 0 atom stereocenters. The highest BCUT2D eigenvalue weighted by molar-refractivity contribution is 6.31. The number of imidazole rings is 1. The Kier molecular flexibility index (Phi) is 7.60. The van der Waals surface area contributed by atoms with E-state index in [2.05, 4.69) is 4.98 Å². The highest BCUT2D eigenvalue weighted by Gasteiger charge is 2.18. The lowest BCUT2D eigenvalue weighted by molar-refractivity contribution is -0.133. The summed E-state index contributed by atoms with van der Waals surface area (Å²) in [5.41, 5.74) is 0.408. The van der Waals surface area contributed by atoms with Crippen LogP contribution in [0, 0.1) is 11.7 Å². The van der Waals surface area contributed by atoms with Crippen LogP contribution in [-0.2, 0) is 22.6 Å². The van der Waals surface area contributed by atoms with Crippen molar-refractivity contribution in [1.29, 1.82) is 0 Å². The Labute approximate surface area is 158 Å². The van der Waals surface area contributed by atoms with Gasteiger partial charge in [-0.05, 0) is 18.1 Å². The van der Waals surface area contributed by atoms with Crippen molar-refractivity contribution in [3.63, 3.8) is 0 Å². The fourth-order valence-electron chi connectivity index (χ4n) is 2.63. The average Bonchev–Trinajstić information content (AvgIpc) is 3.01. The molecule has 0 fully saturated rings. The summed E-state index contributed by atoms with van der Waals surface area (Å²) in [4.78, 5) is 18.6. The number of methoxy groups -OCH3 is 1. The van der Waals surface area contributed by atoms with Crippen LogP contribution in [0.15, 0.2) is 30.6 Å². The van der Waals surface area contributed by atoms with Crippen molar-refractivity contribution in [2.45, 2.75) is 33.4 Å². The molecule has 1 aromatic carbocycles. The molecule has 0 saturated carbocycles. The fourth-order valence-corrected chi connectivity index (χ4v) is 2.85. The van der Waals surface area contributed by atoms with Gasteiger partial charge in [0.2, 0.25) is 5.91 Å². The number of carbonyl (C=O) groups excluding carboxylic acids is 1. The zero-order valence-corrected chi connectivity index (χ0v) is 16.2. The molecule has 0 radical (unpaired) electrons. The van der Waals surface area contributed by atoms with Crippen molar-refractivity contribution in [3.8, 4) is 0 Å². The quantitative estimate of drug-likeness (QED) is 0.664. The van der Waals surface area contributed by atoms with E-state index in [1.54, 1.807) is 36.5 Å². The molecule has 26 heavy (non-hydrogen) atoms. The molecule has 5 nitrogen and oxygen atoms in total. The van der Waals surface area contributed by atoms with E-state index in [4.69, 9.17) is 16.3 Å². The standard InChI is InChI=1S/C19H25ClFN3O2/c1-14(2)11-19(25)24(9-10-26-3)13-18-22-7-8-23(18)12-15-16(20)5-4-6-17(15)21/h4-8,14H,9-13H2,1-3H3. The molecule has 1 aromatic heterocycles. The van der Waals surface area contributed by atoms with Crippen molar-refractivity contribution < 1.29 is 13.9 Å². The van der Waals surface area contributed by atoms with Crippen LogP contribution < -0.4 is 0 Å². The van der Waals surface area contributed by atoms with Crippen molar-refractivity contribution in [3.05, 3.63) is 52.8 Å². The topological polar surface area (TPSA) is 47.4 Å². The summed E-state index contributed by atoms with van der Waals surface area (Å²) in [6, 6.07) is 4.62. The summed E-state index contributed by atoms with van der Waals surface area (Å²) < 4.78 is 21.0. The summed E-state index contributed by atoms with van der Waals surface area (Å²) in [6.07, 6.45) is 3.87. The average molecular weight is 382 g/mol. The van der Waals surface area contributed by atoms with Crippen LogP contribution in [0.1, 0.15) is 31.7 Å². The molecule has 2 aromatic rings. The van der Waals surface area contributed by atoms with E-state index in [0.29, 0.717) is 42.5 Å². The molecule has 0 N–H and O–H groups in total. The van der Waals surface area contributed by atoms with Crippen molar-refractivity contribution in [2.24, 2.45) is 5.92 Å². The Hall–Kier alpha value is -1.92. The second-order valence-corrected chi connectivity index (χ2v) is 6.98. The summed E-state index contributed by atoms with van der Waals surface area (Å²) in [5, 5.41) is 0.372. The number of carbonyl (C=O) groups is 1. The van der Waals surface area contributed by atoms with E-state index in [1.165, 1.54) is 6.07 Å². The van der Waals surface area contributed by atoms with Crippen LogP contribution in [0.3, 0.4) is 0 Å². The molecule has 1 amide bonds. The summed E-state index contributed by atoms with van der Waals surface area (Å²) >= 11 is 6.13. The van der Waals surface area contributed by atoms with Crippen molar-refractivity contribution >= 4 is 17.5 Å². The number of aromatic nitrogens is 2. The third-order valence-corrected chi connectivity index (χ3v) is 4.38. The molecule has 0 bridgehead atoms. The fraction of sp³-hybridized carbons (Fsp3) is 0.474. The van der Waals surface area contributed by atoms with Crippen LogP contribution in [0.2, 0.25) is 5.02 Å². The van der Waals surface area contributed by atoms with Gasteiger partial charge < -0.3 is 14.2 Å². The van der Waals surface area contributed by atoms with Gasteiger partial charge in [-0.15, -0.1) is 0 Å². The van der Waals surface area contributed by atoms with Crippen molar-refractivity contribution in [1.82, 2.24) is 14.5 Å². The minimum Gasteiger partial charge on any atom is -0.383 e. The van der Waals surface area contributed by atoms with E-state index >= 15 is 0 Å². The largest absolute Gasteiger partial charge is 0.383 e. The van der Waals surface area contributed by atoms with Gasteiger partial charge in [0.1, 0.15) is 11.6 Å². The molecule has 0 aliphatic heterocycles. The third kappa shape index (κ3) is 5.54. The van der Waals surface area contributed by atoms with E-state index in [0.717, 1.165) is 0 Å². The Morgan fingerprint density at radius 2 is 2.19 bits per heavy atom. The molecule has 0 aliphatic carbocycles. The van der Waals surface area contributed by atoms with Gasteiger partial charge in [0.15, 0.2) is 0 Å². The lowest BCUT2D eigenvalue weighted by Gasteiger charge is -2.23. The Morgan fingerprint density at radius 3 is 2.85 bits per heavy atom. The molecule has 0 aliphatic rings. The number of hydrogen-bond donors (Lipinski definition) is 0. The maximum atomic E-state index is 14.1. The molecule has 2 rings (SSSR count). The minimum atomic E-state index is -0.357. The number of halogens is 2. The van der Waals surface area contributed by atoms with E-state index in [1.807, 2.05) is 18.4 Å². The SMILES string of the molecule is COCCN(Cc1nccn1Cc1c(F)cccc1Cl)C(=O)CC(C)C. The lowest BCUT2D eigenvalue weighted by atomic mass is 10.1. The Balaban J connectivity index is 2.17. The van der Waals surface area contributed by atoms with Gasteiger partial charge in [0.05, 0.1) is 19.7 Å². The number of benzene rings is 1. The van der Waals surface area contributed by atoms with E-state index in [9.17, 15) is 9.18 Å². The number of nitrogens with zero attached hydrogens (tertiary/aromatic N) is 3. The third-order valence-electron chi connectivity index (χ3n) is 4.03. The normalized spacial score (nSPS) is 11.2. The van der Waals surface area contributed by atoms with Gasteiger partial charge >= 0.3 is 0 Å². The molecule has 7 heteroatoms. The van der Waals surface area contributed by atoms with Crippen LogP contribution in [0.5, 0.6) is 0 Å². The van der Waals surface area contributed by atoms with E-state index in [-0.39, 0.29) is 24.2 Å². The molecular formula is C19H25ClFN3O2. The molecule has 1 heterocycles. The Morgan fingerprint density at radius 1 is 1.42 bits per heavy atom. The second-order valence-electron chi connectivity index (χ2n) is 6.58. The Bertz CT molecular complexity index is 713. The smallest absolute Gasteiger partial charge is 0.223 e. The number of ether oxygens (including phenoxy) is 1. The highest BCUT2D eigenvalue weighted by atomic mass is 35.5. The molecular weight excluding hydrogens is 357 g/mol. The second kappa shape index (κ2) is 9.69. The summed E-state index contributed by atoms with van der Waals surface area (Å²) in [5.74, 6) is 0.641. The van der Waals surface area contributed by atoms with Gasteiger partial charge in [0.25, 0.3) is 0 Å². The molecule has 0 unspecified atom stereocenters. The predicted octanol–water partition coefficient (Wildman–Crippen LogP) is 3.75. The first-order chi connectivity index (χ1) is 12.4. The first-order valence-corrected chi connectivity index (χ1v) is 8.99. The van der Waals surface area contributed by atoms with Gasteiger partial charge in [-0.3, -0.25) is 4.79 Å². The number of rotatable bonds is 9. The van der Waals surface area contributed by atoms with Gasteiger partial charge in [-0.1, -0.05) is 31.5 Å².